The smallest absolute Gasteiger partial charge is 0.379 e. The van der Waals surface area contributed by atoms with Gasteiger partial charge >= 0.3 is 18.0 Å². The molecule has 1 rings (SSSR count). The van der Waals surface area contributed by atoms with Crippen LogP contribution in [0.25, 0.3) is 0 Å². The van der Waals surface area contributed by atoms with Crippen molar-refractivity contribution in [1.29, 1.82) is 0 Å². The third-order valence-corrected chi connectivity index (χ3v) is 2.32. The van der Waals surface area contributed by atoms with Gasteiger partial charge in [0.25, 0.3) is 0 Å². The fourth-order valence-corrected chi connectivity index (χ4v) is 1.40. The van der Waals surface area contributed by atoms with Gasteiger partial charge in [0.05, 0.1) is 4.92 Å². The molecule has 0 aliphatic rings. The highest BCUT2D eigenvalue weighted by Gasteiger charge is 2.34. The van der Waals surface area contributed by atoms with Crippen LogP contribution in [0.4, 0.5) is 37.7 Å². The predicted octanol–water partition coefficient (Wildman–Crippen LogP) is 3.76. The molecule has 0 bridgehead atoms. The molecule has 1 heterocycles. The number of alkyl halides is 6. The van der Waals surface area contributed by atoms with Crippen LogP contribution >= 0.6 is 0 Å². The van der Waals surface area contributed by atoms with Crippen LogP contribution < -0.4 is 5.32 Å². The Bertz CT molecular complexity index is 514. The zero-order valence-electron chi connectivity index (χ0n) is 10.3. The SMILES string of the molecule is O=[N+]([O-])c1cnc(C(F)(F)F)cc1NCCCC(F)(F)F. The Morgan fingerprint density at radius 2 is 1.86 bits per heavy atom. The summed E-state index contributed by atoms with van der Waals surface area (Å²) in [7, 11) is 0. The van der Waals surface area contributed by atoms with Gasteiger partial charge in [-0.1, -0.05) is 0 Å². The fourth-order valence-electron chi connectivity index (χ4n) is 1.40. The van der Waals surface area contributed by atoms with E-state index in [1.54, 1.807) is 0 Å². The molecule has 0 fully saturated rings. The average molecular weight is 317 g/mol. The van der Waals surface area contributed by atoms with Crippen molar-refractivity contribution < 1.29 is 31.3 Å². The Hall–Kier alpha value is -2.07. The summed E-state index contributed by atoms with van der Waals surface area (Å²) in [6, 6.07) is 0.395. The maximum absolute atomic E-state index is 12.4. The molecule has 118 valence electrons. The summed E-state index contributed by atoms with van der Waals surface area (Å²) in [5.74, 6) is 0. The van der Waals surface area contributed by atoms with Gasteiger partial charge in [0.1, 0.15) is 17.6 Å². The molecule has 0 spiro atoms. The van der Waals surface area contributed by atoms with Gasteiger partial charge in [0, 0.05) is 13.0 Å². The van der Waals surface area contributed by atoms with Crippen LogP contribution in [0.2, 0.25) is 0 Å². The number of pyridine rings is 1. The summed E-state index contributed by atoms with van der Waals surface area (Å²) in [5.41, 5.74) is -2.63. The van der Waals surface area contributed by atoms with Gasteiger partial charge < -0.3 is 5.32 Å². The summed E-state index contributed by atoms with van der Waals surface area (Å²) in [6.45, 7) is -0.359. The second-order valence-electron chi connectivity index (χ2n) is 3.99. The fraction of sp³-hybridized carbons (Fsp3) is 0.500. The van der Waals surface area contributed by atoms with Crippen LogP contribution in [0.15, 0.2) is 12.3 Å². The topological polar surface area (TPSA) is 68.1 Å². The first-order valence-corrected chi connectivity index (χ1v) is 5.53. The Balaban J connectivity index is 2.85. The number of rotatable bonds is 5. The molecule has 0 radical (unpaired) electrons. The van der Waals surface area contributed by atoms with Crippen LogP contribution in [-0.4, -0.2) is 22.6 Å². The highest BCUT2D eigenvalue weighted by Crippen LogP contribution is 2.33. The molecule has 1 aromatic heterocycles. The lowest BCUT2D eigenvalue weighted by Gasteiger charge is -2.11. The molecule has 0 aliphatic carbocycles. The van der Waals surface area contributed by atoms with E-state index in [1.807, 2.05) is 0 Å². The maximum Gasteiger partial charge on any atom is 0.433 e. The minimum absolute atomic E-state index is 0.359. The van der Waals surface area contributed by atoms with Crippen molar-refractivity contribution in [1.82, 2.24) is 4.98 Å². The van der Waals surface area contributed by atoms with Crippen molar-refractivity contribution in [2.24, 2.45) is 0 Å². The number of nitrogens with zero attached hydrogens (tertiary/aromatic N) is 2. The minimum atomic E-state index is -4.81. The van der Waals surface area contributed by atoms with E-state index in [1.165, 1.54) is 0 Å². The lowest BCUT2D eigenvalue weighted by molar-refractivity contribution is -0.384. The largest absolute Gasteiger partial charge is 0.433 e. The van der Waals surface area contributed by atoms with E-state index in [9.17, 15) is 36.5 Å². The molecule has 5 nitrogen and oxygen atoms in total. The zero-order chi connectivity index (χ0) is 16.3. The molecule has 0 aromatic carbocycles. The van der Waals surface area contributed by atoms with Gasteiger partial charge in [0.15, 0.2) is 0 Å². The van der Waals surface area contributed by atoms with Crippen molar-refractivity contribution in [3.8, 4) is 0 Å². The predicted molar refractivity (Wildman–Crippen MR) is 59.7 cm³/mol. The van der Waals surface area contributed by atoms with Crippen molar-refractivity contribution in [3.05, 3.63) is 28.1 Å². The summed E-state index contributed by atoms with van der Waals surface area (Å²) < 4.78 is 73.1. The van der Waals surface area contributed by atoms with Crippen LogP contribution in [0.1, 0.15) is 18.5 Å². The van der Waals surface area contributed by atoms with E-state index in [4.69, 9.17) is 0 Å². The normalized spacial score (nSPS) is 12.3. The quantitative estimate of drug-likeness (QED) is 0.388. The number of nitrogens with one attached hydrogen (secondary N) is 1. The molecule has 11 heteroatoms. The first-order valence-electron chi connectivity index (χ1n) is 5.53. The van der Waals surface area contributed by atoms with E-state index < -0.39 is 47.2 Å². The van der Waals surface area contributed by atoms with Crippen molar-refractivity contribution >= 4 is 11.4 Å². The first-order chi connectivity index (χ1) is 9.50. The highest BCUT2D eigenvalue weighted by molar-refractivity contribution is 5.61. The number of nitro groups is 1. The summed E-state index contributed by atoms with van der Waals surface area (Å²) >= 11 is 0. The molecule has 0 saturated carbocycles. The summed E-state index contributed by atoms with van der Waals surface area (Å²) in [4.78, 5) is 12.6. The Kier molecular flexibility index (Phi) is 4.97. The molecule has 0 amide bonds. The van der Waals surface area contributed by atoms with Crippen LogP contribution in [0, 0.1) is 10.1 Å². The number of aromatic nitrogens is 1. The molecular weight excluding hydrogens is 308 g/mol. The monoisotopic (exact) mass is 317 g/mol. The number of hydrogen-bond acceptors (Lipinski definition) is 4. The lowest BCUT2D eigenvalue weighted by atomic mass is 10.2. The van der Waals surface area contributed by atoms with Gasteiger partial charge in [-0.05, 0) is 12.5 Å². The third-order valence-electron chi connectivity index (χ3n) is 2.32. The van der Waals surface area contributed by atoms with Crippen molar-refractivity contribution in [3.63, 3.8) is 0 Å². The minimum Gasteiger partial charge on any atom is -0.379 e. The van der Waals surface area contributed by atoms with Gasteiger partial charge in [-0.15, -0.1) is 0 Å². The zero-order valence-corrected chi connectivity index (χ0v) is 10.3. The van der Waals surface area contributed by atoms with Crippen LogP contribution in [0.5, 0.6) is 0 Å². The maximum atomic E-state index is 12.4. The van der Waals surface area contributed by atoms with Gasteiger partial charge in [-0.3, -0.25) is 10.1 Å². The summed E-state index contributed by atoms with van der Waals surface area (Å²) in [6.07, 6.45) is -10.4. The third kappa shape index (κ3) is 5.44. The second kappa shape index (κ2) is 6.14. The number of anilines is 1. The van der Waals surface area contributed by atoms with Gasteiger partial charge in [-0.25, -0.2) is 4.98 Å². The number of halogens is 6. The molecule has 21 heavy (non-hydrogen) atoms. The standard InChI is InChI=1S/C10H9F6N3O2/c11-9(12,13)2-1-3-17-6-4-8(10(14,15)16)18-5-7(6)19(20)21/h4-5H,1-3H2,(H,17,18). The van der Waals surface area contributed by atoms with E-state index in [-0.39, 0.29) is 6.54 Å². The summed E-state index contributed by atoms with van der Waals surface area (Å²) in [5, 5.41) is 12.8. The second-order valence-corrected chi connectivity index (χ2v) is 3.99. The van der Waals surface area contributed by atoms with Crippen LogP contribution in [0.3, 0.4) is 0 Å². The molecule has 1 N–H and O–H groups in total. The Labute approximate surface area is 114 Å². The van der Waals surface area contributed by atoms with Crippen LogP contribution in [-0.2, 0) is 6.18 Å². The molecule has 0 unspecified atom stereocenters. The highest BCUT2D eigenvalue weighted by atomic mass is 19.4. The first kappa shape index (κ1) is 17.0. The molecule has 0 saturated heterocycles. The van der Waals surface area contributed by atoms with Crippen molar-refractivity contribution in [2.75, 3.05) is 11.9 Å². The molecule has 0 atom stereocenters. The van der Waals surface area contributed by atoms with Gasteiger partial charge in [0.2, 0.25) is 0 Å². The molecular formula is C10H9F6N3O2. The Morgan fingerprint density at radius 1 is 1.24 bits per heavy atom. The van der Waals surface area contributed by atoms with Crippen molar-refractivity contribution in [2.45, 2.75) is 25.2 Å². The van der Waals surface area contributed by atoms with Gasteiger partial charge in [-0.2, -0.15) is 26.3 Å². The Morgan fingerprint density at radius 3 is 2.33 bits per heavy atom. The van der Waals surface area contributed by atoms with E-state index in [0.29, 0.717) is 12.3 Å². The molecule has 1 aromatic rings. The molecule has 0 aliphatic heterocycles. The van der Waals surface area contributed by atoms with E-state index in [0.717, 1.165) is 0 Å². The number of hydrogen-bond donors (Lipinski definition) is 1. The lowest BCUT2D eigenvalue weighted by Crippen LogP contribution is -2.13. The average Bonchev–Trinajstić information content (AvgIpc) is 2.32. The van der Waals surface area contributed by atoms with E-state index in [2.05, 4.69) is 10.3 Å². The van der Waals surface area contributed by atoms with E-state index >= 15 is 0 Å².